The van der Waals surface area contributed by atoms with Crippen molar-refractivity contribution in [1.29, 1.82) is 0 Å². The first-order chi connectivity index (χ1) is 15.7. The maximum Gasteiger partial charge on any atom is 0.127 e. The number of aliphatic imine (C=N–C) groups is 1. The van der Waals surface area contributed by atoms with Crippen LogP contribution < -0.4 is 9.47 Å². The maximum atomic E-state index is 6.00. The molecule has 0 aliphatic rings. The van der Waals surface area contributed by atoms with Crippen LogP contribution in [0, 0.1) is 6.92 Å². The van der Waals surface area contributed by atoms with Crippen molar-refractivity contribution in [2.75, 3.05) is 13.4 Å². The van der Waals surface area contributed by atoms with E-state index in [0.29, 0.717) is 0 Å². The Labute approximate surface area is 193 Å². The largest absolute Gasteiger partial charge is 0.497 e. The zero-order valence-electron chi connectivity index (χ0n) is 18.4. The van der Waals surface area contributed by atoms with Gasteiger partial charge in [-0.15, -0.1) is 11.8 Å². The van der Waals surface area contributed by atoms with Crippen LogP contribution in [0.25, 0.3) is 0 Å². The van der Waals surface area contributed by atoms with Gasteiger partial charge in [-0.25, -0.2) is 4.99 Å². The van der Waals surface area contributed by atoms with E-state index in [1.807, 2.05) is 91.0 Å². The number of aryl methyl sites for hydroxylation is 1. The minimum absolute atomic E-state index is 0.788. The summed E-state index contributed by atoms with van der Waals surface area (Å²) in [6.07, 6.45) is 2.07. The maximum absolute atomic E-state index is 6.00. The lowest BCUT2D eigenvalue weighted by Crippen LogP contribution is -2.03. The molecule has 4 aromatic rings. The SMILES string of the molecule is COc1ccc(C(=Nc2ccccc2SC)c2ccc(Oc3ccc(C)cc3)cc2)cc1. The number of para-hydroxylation sites is 1. The summed E-state index contributed by atoms with van der Waals surface area (Å²) in [4.78, 5) is 6.20. The quantitative estimate of drug-likeness (QED) is 0.218. The fraction of sp³-hybridized carbons (Fsp3) is 0.107. The molecule has 0 unspecified atom stereocenters. The average Bonchev–Trinajstić information content (AvgIpc) is 2.85. The van der Waals surface area contributed by atoms with E-state index < -0.39 is 0 Å². The third-order valence-corrected chi connectivity index (χ3v) is 5.85. The van der Waals surface area contributed by atoms with E-state index in [2.05, 4.69) is 19.2 Å². The van der Waals surface area contributed by atoms with Gasteiger partial charge in [0, 0.05) is 16.0 Å². The smallest absolute Gasteiger partial charge is 0.127 e. The molecule has 160 valence electrons. The second-order valence-electron chi connectivity index (χ2n) is 7.30. The first-order valence-electron chi connectivity index (χ1n) is 10.4. The Morgan fingerprint density at radius 3 is 1.78 bits per heavy atom. The summed E-state index contributed by atoms with van der Waals surface area (Å²) in [5, 5.41) is 0. The Morgan fingerprint density at radius 1 is 0.688 bits per heavy atom. The minimum atomic E-state index is 0.788. The monoisotopic (exact) mass is 439 g/mol. The zero-order chi connectivity index (χ0) is 22.3. The van der Waals surface area contributed by atoms with Gasteiger partial charge in [0.15, 0.2) is 0 Å². The summed E-state index contributed by atoms with van der Waals surface area (Å²) in [5.41, 5.74) is 5.09. The van der Waals surface area contributed by atoms with E-state index in [9.17, 15) is 0 Å². The zero-order valence-corrected chi connectivity index (χ0v) is 19.2. The average molecular weight is 440 g/mol. The molecule has 0 heterocycles. The Kier molecular flexibility index (Phi) is 6.93. The highest BCUT2D eigenvalue weighted by Gasteiger charge is 2.10. The van der Waals surface area contributed by atoms with Crippen molar-refractivity contribution < 1.29 is 9.47 Å². The summed E-state index contributed by atoms with van der Waals surface area (Å²) in [7, 11) is 1.67. The molecular formula is C28H25NO2S. The summed E-state index contributed by atoms with van der Waals surface area (Å²) in [6.45, 7) is 2.06. The van der Waals surface area contributed by atoms with Crippen LogP contribution in [0.3, 0.4) is 0 Å². The predicted octanol–water partition coefficient (Wildman–Crippen LogP) is 7.69. The van der Waals surface area contributed by atoms with E-state index in [4.69, 9.17) is 14.5 Å². The number of rotatable bonds is 7. The molecule has 4 aromatic carbocycles. The van der Waals surface area contributed by atoms with Crippen molar-refractivity contribution in [3.63, 3.8) is 0 Å². The van der Waals surface area contributed by atoms with E-state index in [1.54, 1.807) is 18.9 Å². The van der Waals surface area contributed by atoms with Crippen LogP contribution in [0.5, 0.6) is 17.2 Å². The topological polar surface area (TPSA) is 30.8 Å². The first-order valence-corrected chi connectivity index (χ1v) is 11.6. The molecule has 0 amide bonds. The Balaban J connectivity index is 1.70. The molecule has 0 spiro atoms. The van der Waals surface area contributed by atoms with Gasteiger partial charge in [-0.2, -0.15) is 0 Å². The van der Waals surface area contributed by atoms with Crippen molar-refractivity contribution in [3.8, 4) is 17.2 Å². The lowest BCUT2D eigenvalue weighted by atomic mass is 10.0. The summed E-state index contributed by atoms with van der Waals surface area (Å²) in [6, 6.07) is 32.3. The molecule has 3 nitrogen and oxygen atoms in total. The molecule has 4 rings (SSSR count). The number of hydrogen-bond acceptors (Lipinski definition) is 4. The van der Waals surface area contributed by atoms with Crippen molar-refractivity contribution in [2.45, 2.75) is 11.8 Å². The van der Waals surface area contributed by atoms with Crippen LogP contribution >= 0.6 is 11.8 Å². The van der Waals surface area contributed by atoms with Gasteiger partial charge in [0.1, 0.15) is 17.2 Å². The normalized spacial score (nSPS) is 11.3. The Hall–Kier alpha value is -3.50. The van der Waals surface area contributed by atoms with Gasteiger partial charge in [-0.05, 0) is 86.0 Å². The number of thioether (sulfide) groups is 1. The van der Waals surface area contributed by atoms with Gasteiger partial charge >= 0.3 is 0 Å². The van der Waals surface area contributed by atoms with Crippen LogP contribution in [-0.4, -0.2) is 19.1 Å². The molecule has 4 heteroatoms. The van der Waals surface area contributed by atoms with Crippen molar-refractivity contribution >= 4 is 23.2 Å². The van der Waals surface area contributed by atoms with Crippen molar-refractivity contribution in [3.05, 3.63) is 114 Å². The van der Waals surface area contributed by atoms with Crippen molar-refractivity contribution in [1.82, 2.24) is 0 Å². The van der Waals surface area contributed by atoms with Crippen LogP contribution in [0.15, 0.2) is 107 Å². The van der Waals surface area contributed by atoms with Gasteiger partial charge < -0.3 is 9.47 Å². The van der Waals surface area contributed by atoms with Gasteiger partial charge in [-0.1, -0.05) is 29.8 Å². The molecule has 32 heavy (non-hydrogen) atoms. The molecule has 0 N–H and O–H groups in total. The fourth-order valence-electron chi connectivity index (χ4n) is 3.31. The number of benzene rings is 4. The molecule has 0 atom stereocenters. The van der Waals surface area contributed by atoms with Crippen molar-refractivity contribution in [2.24, 2.45) is 4.99 Å². The predicted molar refractivity (Wildman–Crippen MR) is 134 cm³/mol. The molecule has 0 aliphatic heterocycles. The number of nitrogens with zero attached hydrogens (tertiary/aromatic N) is 1. The molecule has 0 fully saturated rings. The summed E-state index contributed by atoms with van der Waals surface area (Å²) < 4.78 is 11.3. The summed E-state index contributed by atoms with van der Waals surface area (Å²) in [5.74, 6) is 2.43. The van der Waals surface area contributed by atoms with Gasteiger partial charge in [-0.3, -0.25) is 0 Å². The third kappa shape index (κ3) is 5.21. The second kappa shape index (κ2) is 10.2. The van der Waals surface area contributed by atoms with E-state index in [1.165, 1.54) is 5.56 Å². The van der Waals surface area contributed by atoms with Gasteiger partial charge in [0.25, 0.3) is 0 Å². The standard InChI is InChI=1S/C28H25NO2S/c1-20-8-14-24(15-9-20)31-25-18-12-22(13-19-25)28(21-10-16-23(30-2)17-11-21)29-26-6-4-5-7-27(26)32-3/h4-19H,1-3H3. The van der Waals surface area contributed by atoms with E-state index in [0.717, 1.165) is 44.7 Å². The molecule has 0 radical (unpaired) electrons. The van der Waals surface area contributed by atoms with E-state index in [-0.39, 0.29) is 0 Å². The van der Waals surface area contributed by atoms with Crippen LogP contribution in [0.2, 0.25) is 0 Å². The van der Waals surface area contributed by atoms with Crippen LogP contribution in [0.4, 0.5) is 5.69 Å². The lowest BCUT2D eigenvalue weighted by Gasteiger charge is -2.12. The van der Waals surface area contributed by atoms with Gasteiger partial charge in [0.05, 0.1) is 18.5 Å². The fourth-order valence-corrected chi connectivity index (χ4v) is 3.85. The molecule has 0 bridgehead atoms. The molecule has 0 aromatic heterocycles. The lowest BCUT2D eigenvalue weighted by molar-refractivity contribution is 0.415. The molecule has 0 saturated heterocycles. The number of methoxy groups -OCH3 is 1. The summed E-state index contributed by atoms with van der Waals surface area (Å²) >= 11 is 1.69. The second-order valence-corrected chi connectivity index (χ2v) is 8.15. The third-order valence-electron chi connectivity index (χ3n) is 5.07. The highest BCUT2D eigenvalue weighted by atomic mass is 32.2. The Bertz CT molecular complexity index is 1200. The molecule has 0 saturated carbocycles. The van der Waals surface area contributed by atoms with Crippen LogP contribution in [0.1, 0.15) is 16.7 Å². The highest BCUT2D eigenvalue weighted by Crippen LogP contribution is 2.30. The van der Waals surface area contributed by atoms with Crippen LogP contribution in [-0.2, 0) is 0 Å². The number of hydrogen-bond donors (Lipinski definition) is 0. The highest BCUT2D eigenvalue weighted by molar-refractivity contribution is 7.98. The Morgan fingerprint density at radius 2 is 1.22 bits per heavy atom. The molecule has 0 aliphatic carbocycles. The van der Waals surface area contributed by atoms with E-state index >= 15 is 0 Å². The minimum Gasteiger partial charge on any atom is -0.497 e. The number of ether oxygens (including phenoxy) is 2. The first kappa shape index (κ1) is 21.7. The molecular weight excluding hydrogens is 414 g/mol. The van der Waals surface area contributed by atoms with Gasteiger partial charge in [0.2, 0.25) is 0 Å².